The Labute approximate surface area is 98.1 Å². The van der Waals surface area contributed by atoms with Crippen LogP contribution in [0.25, 0.3) is 0 Å². The van der Waals surface area contributed by atoms with Gasteiger partial charge in [0.25, 0.3) is 0 Å². The van der Waals surface area contributed by atoms with Crippen molar-refractivity contribution in [1.29, 1.82) is 0 Å². The molecule has 1 aromatic rings. The van der Waals surface area contributed by atoms with Crippen LogP contribution in [0, 0.1) is 5.82 Å². The summed E-state index contributed by atoms with van der Waals surface area (Å²) in [6, 6.07) is 6.17. The lowest BCUT2D eigenvalue weighted by atomic mass is 10.4. The second-order valence-corrected chi connectivity index (χ2v) is 4.29. The number of hydrogen-bond donors (Lipinski definition) is 2. The number of carbonyl (C=O) groups excluding carboxylic acids is 1. The highest BCUT2D eigenvalue weighted by atomic mass is 32.2. The van der Waals surface area contributed by atoms with Gasteiger partial charge in [0.2, 0.25) is 5.91 Å². The lowest BCUT2D eigenvalue weighted by Gasteiger charge is -2.03. The third-order valence-corrected chi connectivity index (χ3v) is 2.86. The van der Waals surface area contributed by atoms with Gasteiger partial charge >= 0.3 is 0 Å². The van der Waals surface area contributed by atoms with Gasteiger partial charge in [-0.25, -0.2) is 4.39 Å². The zero-order chi connectivity index (χ0) is 11.8. The fourth-order valence-corrected chi connectivity index (χ4v) is 1.93. The third-order valence-electron chi connectivity index (χ3n) is 1.85. The molecule has 0 radical (unpaired) electrons. The number of nitrogens with one attached hydrogen (secondary N) is 1. The van der Waals surface area contributed by atoms with Crippen molar-refractivity contribution >= 4 is 17.7 Å². The molecule has 0 saturated carbocycles. The smallest absolute Gasteiger partial charge is 0.220 e. The van der Waals surface area contributed by atoms with Crippen LogP contribution < -0.4 is 5.32 Å². The lowest BCUT2D eigenvalue weighted by molar-refractivity contribution is -0.120. The highest BCUT2D eigenvalue weighted by molar-refractivity contribution is 7.99. The molecular formula is C11H14FNO2S. The fourth-order valence-electron chi connectivity index (χ4n) is 1.08. The third kappa shape index (κ3) is 5.14. The molecule has 1 aromatic carbocycles. The molecule has 0 heterocycles. The maximum atomic E-state index is 12.6. The van der Waals surface area contributed by atoms with E-state index in [1.807, 2.05) is 0 Å². The van der Waals surface area contributed by atoms with Crippen LogP contribution in [0.15, 0.2) is 29.2 Å². The molecule has 5 heteroatoms. The van der Waals surface area contributed by atoms with E-state index < -0.39 is 0 Å². The van der Waals surface area contributed by atoms with Gasteiger partial charge in [0.15, 0.2) is 0 Å². The van der Waals surface area contributed by atoms with E-state index in [1.54, 1.807) is 12.1 Å². The number of aliphatic hydroxyl groups is 1. The number of hydrogen-bond acceptors (Lipinski definition) is 3. The van der Waals surface area contributed by atoms with Crippen molar-refractivity contribution in [3.63, 3.8) is 0 Å². The van der Waals surface area contributed by atoms with Crippen molar-refractivity contribution < 1.29 is 14.3 Å². The molecule has 1 amide bonds. The number of rotatable bonds is 6. The number of aliphatic hydroxyl groups excluding tert-OH is 1. The van der Waals surface area contributed by atoms with E-state index in [0.29, 0.717) is 18.7 Å². The first-order valence-corrected chi connectivity index (χ1v) is 5.97. The van der Waals surface area contributed by atoms with Gasteiger partial charge in [-0.2, -0.15) is 0 Å². The summed E-state index contributed by atoms with van der Waals surface area (Å²) >= 11 is 1.50. The Hall–Kier alpha value is -1.07. The summed E-state index contributed by atoms with van der Waals surface area (Å²) < 4.78 is 12.6. The molecule has 88 valence electrons. The molecule has 0 bridgehead atoms. The van der Waals surface area contributed by atoms with Gasteiger partial charge in [-0.3, -0.25) is 4.79 Å². The standard InChI is InChI=1S/C11H14FNO2S/c12-9-1-3-10(4-2-9)16-8-5-11(15)13-6-7-14/h1-4,14H,5-8H2,(H,13,15). The Morgan fingerprint density at radius 1 is 1.38 bits per heavy atom. The van der Waals surface area contributed by atoms with Crippen LogP contribution in [0.5, 0.6) is 0 Å². The first-order chi connectivity index (χ1) is 7.72. The summed E-state index contributed by atoms with van der Waals surface area (Å²) in [5, 5.41) is 11.1. The average molecular weight is 243 g/mol. The fraction of sp³-hybridized carbons (Fsp3) is 0.364. The molecule has 3 nitrogen and oxygen atoms in total. The van der Waals surface area contributed by atoms with E-state index in [0.717, 1.165) is 4.90 Å². The zero-order valence-corrected chi connectivity index (χ0v) is 9.60. The average Bonchev–Trinajstić information content (AvgIpc) is 2.29. The molecule has 0 spiro atoms. The second-order valence-electron chi connectivity index (χ2n) is 3.13. The number of halogens is 1. The van der Waals surface area contributed by atoms with Crippen molar-refractivity contribution in [2.24, 2.45) is 0 Å². The molecule has 1 rings (SSSR count). The van der Waals surface area contributed by atoms with Crippen LogP contribution in [-0.2, 0) is 4.79 Å². The van der Waals surface area contributed by atoms with Crippen molar-refractivity contribution in [2.75, 3.05) is 18.9 Å². The van der Waals surface area contributed by atoms with Crippen LogP contribution in [0.3, 0.4) is 0 Å². The van der Waals surface area contributed by atoms with Gasteiger partial charge in [-0.1, -0.05) is 0 Å². The molecule has 0 atom stereocenters. The molecule has 0 aliphatic carbocycles. The molecule has 16 heavy (non-hydrogen) atoms. The zero-order valence-electron chi connectivity index (χ0n) is 8.78. The summed E-state index contributed by atoms with van der Waals surface area (Å²) in [4.78, 5) is 12.1. The Bertz CT molecular complexity index is 329. The lowest BCUT2D eigenvalue weighted by Crippen LogP contribution is -2.26. The largest absolute Gasteiger partial charge is 0.395 e. The highest BCUT2D eigenvalue weighted by Gasteiger charge is 2.01. The van der Waals surface area contributed by atoms with Crippen molar-refractivity contribution in [3.8, 4) is 0 Å². The monoisotopic (exact) mass is 243 g/mol. The van der Waals surface area contributed by atoms with E-state index in [-0.39, 0.29) is 18.3 Å². The first kappa shape index (κ1) is 13.0. The minimum atomic E-state index is -0.259. The van der Waals surface area contributed by atoms with E-state index in [9.17, 15) is 9.18 Å². The molecule has 0 aromatic heterocycles. The molecule has 0 saturated heterocycles. The Balaban J connectivity index is 2.20. The Kier molecular flexibility index (Phi) is 5.88. The van der Waals surface area contributed by atoms with Crippen LogP contribution in [0.1, 0.15) is 6.42 Å². The van der Waals surface area contributed by atoms with Gasteiger partial charge in [0, 0.05) is 23.6 Å². The number of thioether (sulfide) groups is 1. The van der Waals surface area contributed by atoms with E-state index >= 15 is 0 Å². The number of amides is 1. The van der Waals surface area contributed by atoms with E-state index in [1.165, 1.54) is 23.9 Å². The second kappa shape index (κ2) is 7.24. The minimum Gasteiger partial charge on any atom is -0.395 e. The van der Waals surface area contributed by atoms with Gasteiger partial charge in [-0.05, 0) is 24.3 Å². The predicted molar refractivity (Wildman–Crippen MR) is 61.8 cm³/mol. The van der Waals surface area contributed by atoms with Crippen molar-refractivity contribution in [3.05, 3.63) is 30.1 Å². The molecule has 0 fully saturated rings. The Morgan fingerprint density at radius 3 is 2.69 bits per heavy atom. The van der Waals surface area contributed by atoms with Gasteiger partial charge < -0.3 is 10.4 Å². The van der Waals surface area contributed by atoms with E-state index in [4.69, 9.17) is 5.11 Å². The summed E-state index contributed by atoms with van der Waals surface area (Å²) in [5.41, 5.74) is 0. The summed E-state index contributed by atoms with van der Waals surface area (Å²) in [7, 11) is 0. The quantitative estimate of drug-likeness (QED) is 0.743. The number of benzene rings is 1. The maximum absolute atomic E-state index is 12.6. The summed E-state index contributed by atoms with van der Waals surface area (Å²) in [5.74, 6) is 0.303. The maximum Gasteiger partial charge on any atom is 0.220 e. The molecule has 2 N–H and O–H groups in total. The summed E-state index contributed by atoms with van der Waals surface area (Å²) in [6.07, 6.45) is 0.391. The van der Waals surface area contributed by atoms with Gasteiger partial charge in [0.1, 0.15) is 5.82 Å². The van der Waals surface area contributed by atoms with Crippen molar-refractivity contribution in [2.45, 2.75) is 11.3 Å². The molecule has 0 aliphatic heterocycles. The molecule has 0 aliphatic rings. The normalized spacial score (nSPS) is 10.1. The molecular weight excluding hydrogens is 229 g/mol. The topological polar surface area (TPSA) is 49.3 Å². The first-order valence-electron chi connectivity index (χ1n) is 4.98. The van der Waals surface area contributed by atoms with E-state index in [2.05, 4.69) is 5.32 Å². The highest BCUT2D eigenvalue weighted by Crippen LogP contribution is 2.18. The van der Waals surface area contributed by atoms with Crippen LogP contribution in [0.2, 0.25) is 0 Å². The predicted octanol–water partition coefficient (Wildman–Crippen LogP) is 1.42. The van der Waals surface area contributed by atoms with Gasteiger partial charge in [0.05, 0.1) is 6.61 Å². The van der Waals surface area contributed by atoms with Crippen molar-refractivity contribution in [1.82, 2.24) is 5.32 Å². The minimum absolute atomic E-state index is 0.0448. The van der Waals surface area contributed by atoms with Crippen LogP contribution in [-0.4, -0.2) is 29.9 Å². The summed E-state index contributed by atoms with van der Waals surface area (Å²) in [6.45, 7) is 0.247. The SMILES string of the molecule is O=C(CCSc1ccc(F)cc1)NCCO. The Morgan fingerprint density at radius 2 is 2.06 bits per heavy atom. The van der Waals surface area contributed by atoms with Crippen LogP contribution >= 0.6 is 11.8 Å². The van der Waals surface area contributed by atoms with Gasteiger partial charge in [-0.15, -0.1) is 11.8 Å². The van der Waals surface area contributed by atoms with Crippen LogP contribution in [0.4, 0.5) is 4.39 Å². The molecule has 0 unspecified atom stereocenters. The number of carbonyl (C=O) groups is 1.